The number of aromatic nitrogens is 4. The van der Waals surface area contributed by atoms with Gasteiger partial charge >= 0.3 is 5.97 Å². The Kier molecular flexibility index (Phi) is 4.10. The maximum atomic E-state index is 10.8. The van der Waals surface area contributed by atoms with Gasteiger partial charge in [-0.05, 0) is 36.2 Å². The van der Waals surface area contributed by atoms with Gasteiger partial charge in [-0.2, -0.15) is 0 Å². The molecule has 3 heterocycles. The smallest absolute Gasteiger partial charge is 0.322 e. The molecule has 0 atom stereocenters. The third-order valence-electron chi connectivity index (χ3n) is 3.90. The quantitative estimate of drug-likeness (QED) is 0.500. The summed E-state index contributed by atoms with van der Waals surface area (Å²) in [4.78, 5) is 18.4. The molecule has 0 amide bonds. The Morgan fingerprint density at radius 3 is 2.85 bits per heavy atom. The molecule has 0 radical (unpaired) electrons. The number of aromatic amines is 1. The molecule has 4 aromatic rings. The van der Waals surface area contributed by atoms with Crippen molar-refractivity contribution in [2.45, 2.75) is 6.92 Å². The Morgan fingerprint density at radius 2 is 2.08 bits per heavy atom. The van der Waals surface area contributed by atoms with Gasteiger partial charge in [-0.25, -0.2) is 4.98 Å². The van der Waals surface area contributed by atoms with E-state index in [2.05, 4.69) is 31.5 Å². The number of carboxylic acid groups (broad SMARTS) is 1. The van der Waals surface area contributed by atoms with Gasteiger partial charge in [0, 0.05) is 17.1 Å². The Labute approximate surface area is 152 Å². The van der Waals surface area contributed by atoms with Crippen LogP contribution < -0.4 is 5.32 Å². The standard InChI is InChI=1S/C18H15N5O2S/c1-10-22-23-18(26-10)12-4-2-3-11(7-12)14-8-15(20-9-16(24)25)21-17-13(14)5-6-19-17/h2-8H,9H2,1H3,(H,24,25)(H2,19,20,21). The second kappa shape index (κ2) is 6.57. The molecule has 0 saturated carbocycles. The first-order chi connectivity index (χ1) is 12.6. The summed E-state index contributed by atoms with van der Waals surface area (Å²) in [5.41, 5.74) is 3.66. The Bertz CT molecular complexity index is 1100. The van der Waals surface area contributed by atoms with Crippen molar-refractivity contribution in [3.63, 3.8) is 0 Å². The van der Waals surface area contributed by atoms with Crippen LogP contribution in [0.15, 0.2) is 42.6 Å². The summed E-state index contributed by atoms with van der Waals surface area (Å²) < 4.78 is 0. The zero-order valence-corrected chi connectivity index (χ0v) is 14.7. The molecule has 1 aromatic carbocycles. The van der Waals surface area contributed by atoms with Crippen LogP contribution in [0.2, 0.25) is 0 Å². The predicted octanol–water partition coefficient (Wildman–Crippen LogP) is 3.55. The molecule has 0 aliphatic carbocycles. The number of nitrogens with zero attached hydrogens (tertiary/aromatic N) is 3. The van der Waals surface area contributed by atoms with E-state index in [1.807, 2.05) is 43.5 Å². The molecule has 0 bridgehead atoms. The van der Waals surface area contributed by atoms with E-state index in [0.29, 0.717) is 11.5 Å². The number of carbonyl (C=O) groups is 1. The first-order valence-electron chi connectivity index (χ1n) is 7.95. The lowest BCUT2D eigenvalue weighted by atomic mass is 10.0. The van der Waals surface area contributed by atoms with E-state index in [9.17, 15) is 4.79 Å². The first-order valence-corrected chi connectivity index (χ1v) is 8.76. The van der Waals surface area contributed by atoms with Crippen molar-refractivity contribution in [2.24, 2.45) is 0 Å². The highest BCUT2D eigenvalue weighted by Crippen LogP contribution is 2.33. The number of rotatable bonds is 5. The van der Waals surface area contributed by atoms with Crippen molar-refractivity contribution >= 4 is 34.2 Å². The van der Waals surface area contributed by atoms with Crippen molar-refractivity contribution in [1.29, 1.82) is 0 Å². The fourth-order valence-electron chi connectivity index (χ4n) is 2.77. The van der Waals surface area contributed by atoms with Crippen molar-refractivity contribution in [3.8, 4) is 21.7 Å². The zero-order valence-electron chi connectivity index (χ0n) is 13.9. The van der Waals surface area contributed by atoms with Crippen molar-refractivity contribution in [2.75, 3.05) is 11.9 Å². The van der Waals surface area contributed by atoms with E-state index in [1.165, 1.54) is 0 Å². The third kappa shape index (κ3) is 3.14. The van der Waals surface area contributed by atoms with Crippen molar-refractivity contribution in [1.82, 2.24) is 20.2 Å². The third-order valence-corrected chi connectivity index (χ3v) is 4.78. The number of aliphatic carboxylic acids is 1. The molecule has 0 spiro atoms. The number of carboxylic acids is 1. The molecule has 0 aliphatic rings. The highest BCUT2D eigenvalue weighted by atomic mass is 32.1. The van der Waals surface area contributed by atoms with E-state index in [4.69, 9.17) is 5.11 Å². The van der Waals surface area contributed by atoms with Crippen LogP contribution in [-0.4, -0.2) is 37.8 Å². The molecular weight excluding hydrogens is 350 g/mol. The average Bonchev–Trinajstić information content (AvgIpc) is 3.28. The van der Waals surface area contributed by atoms with Crippen molar-refractivity contribution < 1.29 is 9.90 Å². The van der Waals surface area contributed by atoms with E-state index < -0.39 is 5.97 Å². The Balaban J connectivity index is 1.80. The summed E-state index contributed by atoms with van der Waals surface area (Å²) >= 11 is 1.55. The van der Waals surface area contributed by atoms with Gasteiger partial charge in [-0.15, -0.1) is 10.2 Å². The minimum Gasteiger partial charge on any atom is -0.480 e. The van der Waals surface area contributed by atoms with Gasteiger partial charge in [0.1, 0.15) is 28.0 Å². The molecule has 3 aromatic heterocycles. The van der Waals surface area contributed by atoms with Gasteiger partial charge in [0.25, 0.3) is 0 Å². The monoisotopic (exact) mass is 365 g/mol. The summed E-state index contributed by atoms with van der Waals surface area (Å²) in [5.74, 6) is -0.428. The summed E-state index contributed by atoms with van der Waals surface area (Å²) in [7, 11) is 0. The Hall–Kier alpha value is -3.26. The van der Waals surface area contributed by atoms with Gasteiger partial charge < -0.3 is 15.4 Å². The van der Waals surface area contributed by atoms with E-state index in [1.54, 1.807) is 11.3 Å². The molecular formula is C18H15N5O2S. The van der Waals surface area contributed by atoms with E-state index >= 15 is 0 Å². The number of nitrogens with one attached hydrogen (secondary N) is 2. The second-order valence-corrected chi connectivity index (χ2v) is 6.93. The highest BCUT2D eigenvalue weighted by molar-refractivity contribution is 7.14. The Morgan fingerprint density at radius 1 is 1.23 bits per heavy atom. The van der Waals surface area contributed by atoms with Crippen LogP contribution in [0.4, 0.5) is 5.82 Å². The van der Waals surface area contributed by atoms with Crippen LogP contribution in [0, 0.1) is 6.92 Å². The lowest BCUT2D eigenvalue weighted by Crippen LogP contribution is -2.13. The first kappa shape index (κ1) is 16.2. The average molecular weight is 365 g/mol. The summed E-state index contributed by atoms with van der Waals surface area (Å²) in [6.45, 7) is 1.74. The molecule has 26 heavy (non-hydrogen) atoms. The molecule has 0 aliphatic heterocycles. The number of fused-ring (bicyclic) bond motifs is 1. The lowest BCUT2D eigenvalue weighted by molar-refractivity contribution is -0.134. The van der Waals surface area contributed by atoms with Crippen molar-refractivity contribution in [3.05, 3.63) is 47.6 Å². The normalized spacial score (nSPS) is 11.0. The maximum Gasteiger partial charge on any atom is 0.322 e. The minimum absolute atomic E-state index is 0.192. The number of pyridine rings is 1. The molecule has 7 nitrogen and oxygen atoms in total. The van der Waals surface area contributed by atoms with Gasteiger partial charge in [-0.3, -0.25) is 4.79 Å². The number of anilines is 1. The van der Waals surface area contributed by atoms with Gasteiger partial charge in [0.2, 0.25) is 0 Å². The number of benzene rings is 1. The zero-order chi connectivity index (χ0) is 18.1. The van der Waals surface area contributed by atoms with Crippen LogP contribution in [-0.2, 0) is 4.79 Å². The second-order valence-electron chi connectivity index (χ2n) is 5.75. The van der Waals surface area contributed by atoms with E-state index in [-0.39, 0.29) is 6.54 Å². The van der Waals surface area contributed by atoms with Crippen LogP contribution in [0.3, 0.4) is 0 Å². The fraction of sp³-hybridized carbons (Fsp3) is 0.111. The highest BCUT2D eigenvalue weighted by Gasteiger charge is 2.12. The van der Waals surface area contributed by atoms with Gasteiger partial charge in [-0.1, -0.05) is 29.5 Å². The van der Waals surface area contributed by atoms with Crippen LogP contribution in [0.5, 0.6) is 0 Å². The van der Waals surface area contributed by atoms with Crippen LogP contribution >= 0.6 is 11.3 Å². The number of H-pyrrole nitrogens is 1. The topological polar surface area (TPSA) is 104 Å². The lowest BCUT2D eigenvalue weighted by Gasteiger charge is -2.09. The molecule has 130 valence electrons. The summed E-state index contributed by atoms with van der Waals surface area (Å²) in [6.07, 6.45) is 1.82. The number of hydrogen-bond acceptors (Lipinski definition) is 6. The summed E-state index contributed by atoms with van der Waals surface area (Å²) in [6, 6.07) is 11.9. The van der Waals surface area contributed by atoms with Crippen LogP contribution in [0.1, 0.15) is 5.01 Å². The van der Waals surface area contributed by atoms with E-state index in [0.717, 1.165) is 32.1 Å². The molecule has 4 rings (SSSR count). The number of hydrogen-bond donors (Lipinski definition) is 3. The van der Waals surface area contributed by atoms with Gasteiger partial charge in [0.15, 0.2) is 0 Å². The maximum absolute atomic E-state index is 10.8. The molecule has 0 fully saturated rings. The summed E-state index contributed by atoms with van der Waals surface area (Å²) in [5, 5.41) is 22.8. The molecule has 0 unspecified atom stereocenters. The van der Waals surface area contributed by atoms with Gasteiger partial charge in [0.05, 0.1) is 0 Å². The predicted molar refractivity (Wildman–Crippen MR) is 101 cm³/mol. The molecule has 3 N–H and O–H groups in total. The fourth-order valence-corrected chi connectivity index (χ4v) is 3.45. The number of aryl methyl sites for hydroxylation is 1. The SMILES string of the molecule is Cc1nnc(-c2cccc(-c3cc(NCC(=O)O)nc4[nH]ccc34)c2)s1. The largest absolute Gasteiger partial charge is 0.480 e. The molecule has 8 heteroatoms. The molecule has 0 saturated heterocycles. The minimum atomic E-state index is -0.937. The van der Waals surface area contributed by atoms with Crippen LogP contribution in [0.25, 0.3) is 32.7 Å².